The molecular weight excluding hydrogens is 304 g/mol. The van der Waals surface area contributed by atoms with Gasteiger partial charge in [-0.1, -0.05) is 30.3 Å². The fraction of sp³-hybridized carbons (Fsp3) is 0.133. The van der Waals surface area contributed by atoms with Gasteiger partial charge < -0.3 is 5.11 Å². The minimum Gasteiger partial charge on any atom is -0.477 e. The van der Waals surface area contributed by atoms with Gasteiger partial charge >= 0.3 is 5.97 Å². The van der Waals surface area contributed by atoms with Gasteiger partial charge in [0.2, 0.25) is 0 Å². The zero-order chi connectivity index (χ0) is 14.8. The fourth-order valence-corrected chi connectivity index (χ4v) is 4.14. The third-order valence-corrected chi connectivity index (χ3v) is 5.35. The van der Waals surface area contributed by atoms with Crippen LogP contribution in [0.2, 0.25) is 0 Å². The van der Waals surface area contributed by atoms with E-state index in [-0.39, 0.29) is 0 Å². The number of aromatic carboxylic acids is 1. The molecule has 6 heteroatoms. The van der Waals surface area contributed by atoms with E-state index in [1.165, 1.54) is 23.2 Å². The molecular formula is C15H12N2O2S2. The Morgan fingerprint density at radius 1 is 1.29 bits per heavy atom. The molecule has 3 rings (SSSR count). The first-order valence-electron chi connectivity index (χ1n) is 6.31. The molecule has 2 aromatic heterocycles. The summed E-state index contributed by atoms with van der Waals surface area (Å²) in [7, 11) is 0. The van der Waals surface area contributed by atoms with Crippen LogP contribution in [0, 0.1) is 6.92 Å². The molecule has 0 bridgehead atoms. The van der Waals surface area contributed by atoms with Gasteiger partial charge in [0.05, 0.1) is 0 Å². The molecule has 1 aromatic carbocycles. The number of thiophene rings is 1. The summed E-state index contributed by atoms with van der Waals surface area (Å²) >= 11 is 2.81. The number of rotatable bonds is 4. The maximum absolute atomic E-state index is 11.2. The molecule has 2 heterocycles. The standard InChI is InChI=1S/C15H12N2O2S2/c1-9-11-13(20-7-10-5-3-2-4-6-10)16-8-17-14(11)21-12(9)15(18)19/h2-6,8H,7H2,1H3,(H,18,19). The third kappa shape index (κ3) is 2.77. The number of carboxylic acid groups (broad SMARTS) is 1. The van der Waals surface area contributed by atoms with Gasteiger partial charge in [-0.05, 0) is 18.1 Å². The predicted molar refractivity (Wildman–Crippen MR) is 85.1 cm³/mol. The number of fused-ring (bicyclic) bond motifs is 1. The molecule has 0 unspecified atom stereocenters. The quantitative estimate of drug-likeness (QED) is 0.582. The highest BCUT2D eigenvalue weighted by atomic mass is 32.2. The van der Waals surface area contributed by atoms with Crippen LogP contribution < -0.4 is 0 Å². The van der Waals surface area contributed by atoms with E-state index in [1.807, 2.05) is 25.1 Å². The van der Waals surface area contributed by atoms with Gasteiger partial charge in [0.1, 0.15) is 21.1 Å². The highest BCUT2D eigenvalue weighted by Gasteiger charge is 2.18. The minimum atomic E-state index is -0.908. The third-order valence-electron chi connectivity index (χ3n) is 3.10. The molecule has 0 aliphatic carbocycles. The molecule has 3 aromatic rings. The highest BCUT2D eigenvalue weighted by molar-refractivity contribution is 7.98. The van der Waals surface area contributed by atoms with E-state index >= 15 is 0 Å². The van der Waals surface area contributed by atoms with E-state index in [9.17, 15) is 9.90 Å². The van der Waals surface area contributed by atoms with Gasteiger partial charge in [0.15, 0.2) is 0 Å². The van der Waals surface area contributed by atoms with E-state index in [4.69, 9.17) is 0 Å². The van der Waals surface area contributed by atoms with E-state index in [0.717, 1.165) is 26.6 Å². The summed E-state index contributed by atoms with van der Waals surface area (Å²) < 4.78 is 0. The van der Waals surface area contributed by atoms with Crippen LogP contribution in [0.25, 0.3) is 10.2 Å². The summed E-state index contributed by atoms with van der Waals surface area (Å²) in [6.07, 6.45) is 1.50. The Morgan fingerprint density at radius 2 is 2.05 bits per heavy atom. The number of carboxylic acids is 1. The Morgan fingerprint density at radius 3 is 2.76 bits per heavy atom. The zero-order valence-electron chi connectivity index (χ0n) is 11.2. The van der Waals surface area contributed by atoms with E-state index in [0.29, 0.717) is 4.88 Å². The van der Waals surface area contributed by atoms with Crippen LogP contribution in [-0.4, -0.2) is 21.0 Å². The molecule has 0 saturated heterocycles. The lowest BCUT2D eigenvalue weighted by Gasteiger charge is -2.03. The molecule has 0 aliphatic heterocycles. The highest BCUT2D eigenvalue weighted by Crippen LogP contribution is 2.35. The monoisotopic (exact) mass is 316 g/mol. The Kier molecular flexibility index (Phi) is 3.90. The molecule has 0 atom stereocenters. The van der Waals surface area contributed by atoms with Crippen LogP contribution in [-0.2, 0) is 5.75 Å². The Hall–Kier alpha value is -1.92. The van der Waals surface area contributed by atoms with Gasteiger partial charge in [-0.3, -0.25) is 0 Å². The molecule has 4 nitrogen and oxygen atoms in total. The maximum atomic E-state index is 11.2. The van der Waals surface area contributed by atoms with Crippen LogP contribution in [0.5, 0.6) is 0 Å². The normalized spacial score (nSPS) is 10.9. The smallest absolute Gasteiger partial charge is 0.346 e. The number of carbonyl (C=O) groups is 1. The Balaban J connectivity index is 1.97. The lowest BCUT2D eigenvalue weighted by molar-refractivity contribution is 0.0701. The number of aryl methyl sites for hydroxylation is 1. The van der Waals surface area contributed by atoms with E-state index in [1.54, 1.807) is 11.8 Å². The lowest BCUT2D eigenvalue weighted by Crippen LogP contribution is -1.94. The fourth-order valence-electron chi connectivity index (χ4n) is 2.08. The summed E-state index contributed by atoms with van der Waals surface area (Å²) in [6.45, 7) is 1.82. The lowest BCUT2D eigenvalue weighted by atomic mass is 10.2. The van der Waals surface area contributed by atoms with Crippen LogP contribution in [0.15, 0.2) is 41.7 Å². The first-order chi connectivity index (χ1) is 10.2. The molecule has 0 saturated carbocycles. The van der Waals surface area contributed by atoms with Gasteiger partial charge in [-0.2, -0.15) is 0 Å². The van der Waals surface area contributed by atoms with Crippen molar-refractivity contribution in [2.45, 2.75) is 17.7 Å². The maximum Gasteiger partial charge on any atom is 0.346 e. The number of benzene rings is 1. The number of aromatic nitrogens is 2. The van der Waals surface area contributed by atoms with Crippen LogP contribution >= 0.6 is 23.1 Å². The largest absolute Gasteiger partial charge is 0.477 e. The van der Waals surface area contributed by atoms with E-state index in [2.05, 4.69) is 22.1 Å². The summed E-state index contributed by atoms with van der Waals surface area (Å²) in [4.78, 5) is 20.8. The zero-order valence-corrected chi connectivity index (χ0v) is 12.9. The first kappa shape index (κ1) is 14.0. The molecule has 0 aliphatic rings. The molecule has 106 valence electrons. The average Bonchev–Trinajstić information content (AvgIpc) is 2.84. The molecule has 1 N–H and O–H groups in total. The van der Waals surface area contributed by atoms with Crippen molar-refractivity contribution in [3.05, 3.63) is 52.7 Å². The Bertz CT molecular complexity index is 800. The van der Waals surface area contributed by atoms with Crippen molar-refractivity contribution < 1.29 is 9.90 Å². The summed E-state index contributed by atoms with van der Waals surface area (Å²) in [5.41, 5.74) is 1.96. The SMILES string of the molecule is Cc1c(C(=O)O)sc2ncnc(SCc3ccccc3)c12. The van der Waals surface area contributed by atoms with Crippen LogP contribution in [0.3, 0.4) is 0 Å². The second kappa shape index (κ2) is 5.83. The molecule has 0 radical (unpaired) electrons. The van der Waals surface area contributed by atoms with Crippen molar-refractivity contribution in [1.29, 1.82) is 0 Å². The number of thioether (sulfide) groups is 1. The van der Waals surface area contributed by atoms with Crippen LogP contribution in [0.1, 0.15) is 20.8 Å². The van der Waals surface area contributed by atoms with E-state index < -0.39 is 5.97 Å². The topological polar surface area (TPSA) is 63.1 Å². The van der Waals surface area contributed by atoms with Crippen molar-refractivity contribution in [2.75, 3.05) is 0 Å². The van der Waals surface area contributed by atoms with Gasteiger partial charge in [0, 0.05) is 11.1 Å². The second-order valence-electron chi connectivity index (χ2n) is 4.49. The van der Waals surface area contributed by atoms with Gasteiger partial charge in [0.25, 0.3) is 0 Å². The van der Waals surface area contributed by atoms with Crippen molar-refractivity contribution in [3.63, 3.8) is 0 Å². The summed E-state index contributed by atoms with van der Waals surface area (Å²) in [6, 6.07) is 10.1. The summed E-state index contributed by atoms with van der Waals surface area (Å²) in [5.74, 6) is -0.112. The molecule has 0 spiro atoms. The van der Waals surface area contributed by atoms with Crippen molar-refractivity contribution in [1.82, 2.24) is 9.97 Å². The average molecular weight is 316 g/mol. The molecule has 21 heavy (non-hydrogen) atoms. The number of hydrogen-bond acceptors (Lipinski definition) is 5. The van der Waals surface area contributed by atoms with Crippen LogP contribution in [0.4, 0.5) is 0 Å². The van der Waals surface area contributed by atoms with Gasteiger partial charge in [-0.15, -0.1) is 23.1 Å². The van der Waals surface area contributed by atoms with Crippen molar-refractivity contribution >= 4 is 39.3 Å². The predicted octanol–water partition coefficient (Wildman–Crippen LogP) is 3.99. The number of nitrogens with zero attached hydrogens (tertiary/aromatic N) is 2. The number of hydrogen-bond donors (Lipinski definition) is 1. The molecule has 0 amide bonds. The molecule has 0 fully saturated rings. The second-order valence-corrected chi connectivity index (χ2v) is 6.46. The first-order valence-corrected chi connectivity index (χ1v) is 8.11. The minimum absolute atomic E-state index is 0.340. The van der Waals surface area contributed by atoms with Crippen molar-refractivity contribution in [2.24, 2.45) is 0 Å². The van der Waals surface area contributed by atoms with Gasteiger partial charge in [-0.25, -0.2) is 14.8 Å². The van der Waals surface area contributed by atoms with Crippen molar-refractivity contribution in [3.8, 4) is 0 Å². The summed E-state index contributed by atoms with van der Waals surface area (Å²) in [5, 5.41) is 10.9. The Labute approximate surface area is 129 Å².